The molecule has 0 rings (SSSR count). The number of hydrogen-bond donors (Lipinski definition) is 2. The van der Waals surface area contributed by atoms with E-state index in [2.05, 4.69) is 11.3 Å². The van der Waals surface area contributed by atoms with Crippen molar-refractivity contribution in [3.05, 3.63) is 12.2 Å². The molecule has 0 aliphatic carbocycles. The summed E-state index contributed by atoms with van der Waals surface area (Å²) in [5, 5.41) is 16.1. The van der Waals surface area contributed by atoms with Gasteiger partial charge >= 0.3 is 5.97 Å². The van der Waals surface area contributed by atoms with Crippen molar-refractivity contribution in [2.75, 3.05) is 6.61 Å². The van der Waals surface area contributed by atoms with Gasteiger partial charge in [0.2, 0.25) is 0 Å². The minimum Gasteiger partial charge on any atom is -0.433 e. The van der Waals surface area contributed by atoms with Crippen LogP contribution in [-0.4, -0.2) is 29.1 Å². The fraction of sp³-hybridized carbons (Fsp3) is 0.625. The minimum atomic E-state index is -1.05. The van der Waals surface area contributed by atoms with Gasteiger partial charge < -0.3 is 14.9 Å². The van der Waals surface area contributed by atoms with E-state index in [0.717, 1.165) is 0 Å². The molecule has 4 nitrogen and oxygen atoms in total. The van der Waals surface area contributed by atoms with Gasteiger partial charge in [-0.2, -0.15) is 0 Å². The Morgan fingerprint density at radius 2 is 2.00 bits per heavy atom. The van der Waals surface area contributed by atoms with Crippen molar-refractivity contribution in [1.82, 2.24) is 0 Å². The van der Waals surface area contributed by atoms with Crippen LogP contribution in [0.1, 0.15) is 20.8 Å². The van der Waals surface area contributed by atoms with Crippen molar-refractivity contribution in [1.29, 1.82) is 0 Å². The van der Waals surface area contributed by atoms with Crippen LogP contribution in [-0.2, 0) is 9.53 Å². The van der Waals surface area contributed by atoms with Gasteiger partial charge in [0.15, 0.2) is 6.29 Å². The maximum Gasteiger partial charge on any atom is 0.335 e. The summed E-state index contributed by atoms with van der Waals surface area (Å²) in [6, 6.07) is 0. The first-order chi connectivity index (χ1) is 5.45. The lowest BCUT2D eigenvalue weighted by atomic mass is 10.4. The first-order valence-corrected chi connectivity index (χ1v) is 3.61. The smallest absolute Gasteiger partial charge is 0.335 e. The molecule has 0 aromatic rings. The van der Waals surface area contributed by atoms with Crippen molar-refractivity contribution in [2.45, 2.75) is 27.1 Å². The zero-order valence-corrected chi connectivity index (χ0v) is 7.70. The van der Waals surface area contributed by atoms with E-state index < -0.39 is 12.3 Å². The third-order valence-electron chi connectivity index (χ3n) is 0.626. The zero-order chi connectivity index (χ0) is 10.1. The van der Waals surface area contributed by atoms with E-state index in [0.29, 0.717) is 0 Å². The van der Waals surface area contributed by atoms with E-state index >= 15 is 0 Å². The van der Waals surface area contributed by atoms with Crippen LogP contribution < -0.4 is 0 Å². The maximum absolute atomic E-state index is 10.5. The zero-order valence-electron chi connectivity index (χ0n) is 7.70. The summed E-state index contributed by atoms with van der Waals surface area (Å²) in [7, 11) is 0. The second-order valence-corrected chi connectivity index (χ2v) is 2.10. The Morgan fingerprint density at radius 1 is 1.67 bits per heavy atom. The largest absolute Gasteiger partial charge is 0.433 e. The van der Waals surface area contributed by atoms with Crippen LogP contribution in [0.2, 0.25) is 0 Å². The van der Waals surface area contributed by atoms with E-state index in [-0.39, 0.29) is 12.2 Å². The lowest BCUT2D eigenvalue weighted by Crippen LogP contribution is -2.13. The molecule has 0 aliphatic heterocycles. The number of carbonyl (C=O) groups excluding carboxylic acids is 1. The normalized spacial score (nSPS) is 10.8. The Hall–Kier alpha value is -0.870. The second-order valence-electron chi connectivity index (χ2n) is 2.10. The molecule has 0 aromatic heterocycles. The standard InChI is InChI=1S/C6H10O3.C2H6O/c1-4(2)6(8)9-5(3)7;1-2-3/h5,7H,1H2,2-3H3;3H,2H2,1H3. The van der Waals surface area contributed by atoms with Gasteiger partial charge in [-0.05, 0) is 20.8 Å². The Bertz CT molecular complexity index is 140. The molecule has 0 bridgehead atoms. The van der Waals surface area contributed by atoms with Gasteiger partial charge in [0.25, 0.3) is 0 Å². The number of ether oxygens (including phenoxy) is 1. The summed E-state index contributed by atoms with van der Waals surface area (Å²) < 4.78 is 4.33. The van der Waals surface area contributed by atoms with Gasteiger partial charge in [-0.1, -0.05) is 6.58 Å². The average molecular weight is 176 g/mol. The van der Waals surface area contributed by atoms with Crippen molar-refractivity contribution in [2.24, 2.45) is 0 Å². The predicted molar refractivity (Wildman–Crippen MR) is 45.3 cm³/mol. The highest BCUT2D eigenvalue weighted by Crippen LogP contribution is 1.94. The molecule has 0 saturated heterocycles. The molecule has 12 heavy (non-hydrogen) atoms. The summed E-state index contributed by atoms with van der Waals surface area (Å²) >= 11 is 0. The second kappa shape index (κ2) is 8.23. The predicted octanol–water partition coefficient (Wildman–Crippen LogP) is 0.443. The molecule has 0 aromatic carbocycles. The molecule has 1 atom stereocenters. The van der Waals surface area contributed by atoms with Crippen LogP contribution in [0, 0.1) is 0 Å². The van der Waals surface area contributed by atoms with E-state index in [9.17, 15) is 4.79 Å². The number of esters is 1. The van der Waals surface area contributed by atoms with E-state index in [1.54, 1.807) is 6.92 Å². The first-order valence-electron chi connectivity index (χ1n) is 3.61. The van der Waals surface area contributed by atoms with Crippen molar-refractivity contribution < 1.29 is 19.7 Å². The highest BCUT2D eigenvalue weighted by molar-refractivity contribution is 5.86. The van der Waals surface area contributed by atoms with Gasteiger partial charge in [-0.3, -0.25) is 0 Å². The molecule has 2 N–H and O–H groups in total. The van der Waals surface area contributed by atoms with E-state index in [1.807, 2.05) is 0 Å². The highest BCUT2D eigenvalue weighted by Gasteiger charge is 2.04. The van der Waals surface area contributed by atoms with Gasteiger partial charge in [0.05, 0.1) is 0 Å². The third kappa shape index (κ3) is 11.9. The average Bonchev–Trinajstić information content (AvgIpc) is 1.87. The van der Waals surface area contributed by atoms with Crippen LogP contribution in [0.3, 0.4) is 0 Å². The Morgan fingerprint density at radius 3 is 2.08 bits per heavy atom. The Labute approximate surface area is 72.5 Å². The van der Waals surface area contributed by atoms with Gasteiger partial charge in [-0.25, -0.2) is 4.79 Å². The highest BCUT2D eigenvalue weighted by atomic mass is 16.6. The minimum absolute atomic E-state index is 0.250. The maximum atomic E-state index is 10.5. The van der Waals surface area contributed by atoms with Crippen molar-refractivity contribution in [3.63, 3.8) is 0 Å². The van der Waals surface area contributed by atoms with E-state index in [1.165, 1.54) is 13.8 Å². The Balaban J connectivity index is 0. The lowest BCUT2D eigenvalue weighted by Gasteiger charge is -2.04. The molecule has 0 fully saturated rings. The molecular weight excluding hydrogens is 160 g/mol. The van der Waals surface area contributed by atoms with Crippen molar-refractivity contribution >= 4 is 5.97 Å². The monoisotopic (exact) mass is 176 g/mol. The lowest BCUT2D eigenvalue weighted by molar-refractivity contribution is -0.159. The first kappa shape index (κ1) is 13.7. The fourth-order valence-corrected chi connectivity index (χ4v) is 0.255. The molecule has 0 heterocycles. The van der Waals surface area contributed by atoms with Crippen molar-refractivity contribution in [3.8, 4) is 0 Å². The van der Waals surface area contributed by atoms with Crippen LogP contribution in [0.4, 0.5) is 0 Å². The summed E-state index contributed by atoms with van der Waals surface area (Å²) in [5.74, 6) is -0.565. The fourth-order valence-electron chi connectivity index (χ4n) is 0.255. The van der Waals surface area contributed by atoms with Gasteiger partial charge in [0.1, 0.15) is 0 Å². The topological polar surface area (TPSA) is 66.8 Å². The molecule has 0 radical (unpaired) electrons. The summed E-state index contributed by atoms with van der Waals surface area (Å²) in [6.07, 6.45) is -1.05. The molecule has 0 amide bonds. The quantitative estimate of drug-likeness (QED) is 0.364. The summed E-state index contributed by atoms with van der Waals surface area (Å²) in [5.41, 5.74) is 0.288. The SMILES string of the molecule is C=C(C)C(=O)OC(C)O.CCO. The molecule has 0 saturated carbocycles. The molecule has 0 aliphatic rings. The molecular formula is C8H16O4. The van der Waals surface area contributed by atoms with Crippen LogP contribution in [0.25, 0.3) is 0 Å². The van der Waals surface area contributed by atoms with Gasteiger partial charge in [-0.15, -0.1) is 0 Å². The van der Waals surface area contributed by atoms with E-state index in [4.69, 9.17) is 10.2 Å². The van der Waals surface area contributed by atoms with Crippen LogP contribution >= 0.6 is 0 Å². The summed E-state index contributed by atoms with van der Waals surface area (Å²) in [6.45, 7) is 8.13. The number of aliphatic hydroxyl groups excluding tert-OH is 2. The molecule has 0 spiro atoms. The number of aliphatic hydroxyl groups is 2. The van der Waals surface area contributed by atoms with Crippen LogP contribution in [0.15, 0.2) is 12.2 Å². The van der Waals surface area contributed by atoms with Crippen LogP contribution in [0.5, 0.6) is 0 Å². The number of hydrogen-bond acceptors (Lipinski definition) is 4. The Kier molecular flexibility index (Phi) is 9.40. The van der Waals surface area contributed by atoms with Gasteiger partial charge in [0, 0.05) is 12.2 Å². The number of rotatable bonds is 2. The third-order valence-corrected chi connectivity index (χ3v) is 0.626. The molecule has 4 heteroatoms. The number of carbonyl (C=O) groups is 1. The summed E-state index contributed by atoms with van der Waals surface area (Å²) in [4.78, 5) is 10.5. The molecule has 72 valence electrons. The molecule has 1 unspecified atom stereocenters.